The van der Waals surface area contributed by atoms with Crippen LogP contribution in [0.5, 0.6) is 0 Å². The van der Waals surface area contributed by atoms with Gasteiger partial charge in [0.1, 0.15) is 5.82 Å². The van der Waals surface area contributed by atoms with Crippen LogP contribution in [0.1, 0.15) is 34.1 Å². The SMILES string of the molecule is CCc1ccc(NC(=O)Nc2c(C)n(C(=O)OOC(=O)c3ccc(CN(C)C)cc3)c3ccc(F)cc23)cc1. The van der Waals surface area contributed by atoms with Gasteiger partial charge in [-0.2, -0.15) is 0 Å². The third kappa shape index (κ3) is 6.42. The molecule has 2 amide bonds. The number of benzene rings is 3. The summed E-state index contributed by atoms with van der Waals surface area (Å²) in [6, 6.07) is 17.2. The molecule has 0 aliphatic carbocycles. The van der Waals surface area contributed by atoms with E-state index in [-0.39, 0.29) is 27.8 Å². The molecule has 202 valence electrons. The third-order valence-corrected chi connectivity index (χ3v) is 6.08. The lowest BCUT2D eigenvalue weighted by Gasteiger charge is -2.10. The van der Waals surface area contributed by atoms with E-state index in [0.29, 0.717) is 12.2 Å². The Morgan fingerprint density at radius 2 is 1.56 bits per heavy atom. The standard InChI is InChI=1S/C29H29FN4O5/c1-5-19-8-13-23(14-9-19)31-28(36)32-26-18(2)34(25-15-12-22(30)16-24(25)26)29(37)39-38-27(35)21-10-6-20(7-11-21)17-33(3)4/h6-16H,5,17H2,1-4H3,(H2,31,32,36). The number of urea groups is 1. The van der Waals surface area contributed by atoms with E-state index >= 15 is 0 Å². The molecule has 0 radical (unpaired) electrons. The van der Waals surface area contributed by atoms with Gasteiger partial charge < -0.3 is 15.5 Å². The predicted octanol–water partition coefficient (Wildman–Crippen LogP) is 6.11. The van der Waals surface area contributed by atoms with E-state index in [2.05, 4.69) is 10.6 Å². The molecule has 9 nitrogen and oxygen atoms in total. The molecule has 4 rings (SSSR count). The molecule has 10 heteroatoms. The maximum atomic E-state index is 14.1. The van der Waals surface area contributed by atoms with Gasteiger partial charge in [0.2, 0.25) is 0 Å². The first kappa shape index (κ1) is 27.3. The molecule has 0 spiro atoms. The van der Waals surface area contributed by atoms with Gasteiger partial charge in [-0.3, -0.25) is 0 Å². The van der Waals surface area contributed by atoms with Crippen LogP contribution >= 0.6 is 0 Å². The maximum Gasteiger partial charge on any atom is 0.461 e. The number of carbonyl (C=O) groups excluding carboxylic acids is 3. The van der Waals surface area contributed by atoms with Crippen molar-refractivity contribution in [3.05, 3.63) is 94.9 Å². The Balaban J connectivity index is 1.51. The van der Waals surface area contributed by atoms with Crippen molar-refractivity contribution in [3.63, 3.8) is 0 Å². The van der Waals surface area contributed by atoms with Gasteiger partial charge in [-0.05, 0) is 81.0 Å². The molecule has 0 fully saturated rings. The average Bonchev–Trinajstić information content (AvgIpc) is 3.17. The second-order valence-corrected chi connectivity index (χ2v) is 9.24. The fourth-order valence-electron chi connectivity index (χ4n) is 4.15. The molecule has 0 saturated carbocycles. The smallest absolute Gasteiger partial charge is 0.308 e. The first-order chi connectivity index (χ1) is 18.7. The van der Waals surface area contributed by atoms with Crippen molar-refractivity contribution in [1.82, 2.24) is 9.47 Å². The largest absolute Gasteiger partial charge is 0.461 e. The van der Waals surface area contributed by atoms with E-state index in [0.717, 1.165) is 22.1 Å². The normalized spacial score (nSPS) is 10.9. The minimum absolute atomic E-state index is 0.201. The lowest BCUT2D eigenvalue weighted by Crippen LogP contribution is -2.21. The first-order valence-corrected chi connectivity index (χ1v) is 12.3. The molecule has 3 aromatic carbocycles. The van der Waals surface area contributed by atoms with E-state index in [1.54, 1.807) is 43.3 Å². The van der Waals surface area contributed by atoms with Crippen molar-refractivity contribution in [3.8, 4) is 0 Å². The van der Waals surface area contributed by atoms with E-state index in [1.807, 2.05) is 38.1 Å². The molecule has 2 N–H and O–H groups in total. The first-order valence-electron chi connectivity index (χ1n) is 12.3. The van der Waals surface area contributed by atoms with Crippen molar-refractivity contribution in [1.29, 1.82) is 0 Å². The van der Waals surface area contributed by atoms with Crippen LogP contribution < -0.4 is 10.6 Å². The number of aryl methyl sites for hydroxylation is 1. The van der Waals surface area contributed by atoms with E-state index in [1.165, 1.54) is 18.2 Å². The summed E-state index contributed by atoms with van der Waals surface area (Å²) in [5.41, 5.74) is 3.60. The van der Waals surface area contributed by atoms with Gasteiger partial charge in [-0.1, -0.05) is 31.2 Å². The number of aromatic nitrogens is 1. The van der Waals surface area contributed by atoms with Crippen molar-refractivity contribution >= 4 is 40.4 Å². The Labute approximate surface area is 225 Å². The van der Waals surface area contributed by atoms with Gasteiger partial charge in [0.15, 0.2) is 0 Å². The van der Waals surface area contributed by atoms with Crippen molar-refractivity contribution in [2.45, 2.75) is 26.8 Å². The van der Waals surface area contributed by atoms with Crippen LogP contribution in [0.15, 0.2) is 66.7 Å². The maximum absolute atomic E-state index is 14.1. The topological polar surface area (TPSA) is 102 Å². The number of carbonyl (C=O) groups is 3. The Hall–Kier alpha value is -4.70. The number of nitrogens with one attached hydrogen (secondary N) is 2. The second kappa shape index (κ2) is 11.8. The van der Waals surface area contributed by atoms with E-state index in [9.17, 15) is 18.8 Å². The zero-order valence-electron chi connectivity index (χ0n) is 22.1. The van der Waals surface area contributed by atoms with E-state index < -0.39 is 23.9 Å². The van der Waals surface area contributed by atoms with Gasteiger partial charge in [0, 0.05) is 17.6 Å². The van der Waals surface area contributed by atoms with Crippen LogP contribution in [-0.2, 0) is 22.7 Å². The number of amides is 2. The molecule has 0 aliphatic heterocycles. The summed E-state index contributed by atoms with van der Waals surface area (Å²) in [6.07, 6.45) is -0.170. The zero-order valence-corrected chi connectivity index (χ0v) is 22.1. The summed E-state index contributed by atoms with van der Waals surface area (Å²) in [4.78, 5) is 49.8. The molecule has 0 aliphatic rings. The summed E-state index contributed by atoms with van der Waals surface area (Å²) in [5.74, 6) is -1.41. The van der Waals surface area contributed by atoms with Crippen molar-refractivity contribution in [2.24, 2.45) is 0 Å². The van der Waals surface area contributed by atoms with Crippen LogP contribution in [0, 0.1) is 12.7 Å². The summed E-state index contributed by atoms with van der Waals surface area (Å²) >= 11 is 0. The minimum Gasteiger partial charge on any atom is -0.308 e. The molecule has 39 heavy (non-hydrogen) atoms. The van der Waals surface area contributed by atoms with Crippen LogP contribution in [0.2, 0.25) is 0 Å². The molecule has 4 aromatic rings. The molecule has 1 heterocycles. The quantitative estimate of drug-likeness (QED) is 0.229. The lowest BCUT2D eigenvalue weighted by atomic mass is 10.1. The molecule has 0 unspecified atom stereocenters. The number of nitrogens with zero attached hydrogens (tertiary/aromatic N) is 2. The highest BCUT2D eigenvalue weighted by Gasteiger charge is 2.23. The zero-order chi connectivity index (χ0) is 28.1. The molecule has 0 atom stereocenters. The summed E-state index contributed by atoms with van der Waals surface area (Å²) < 4.78 is 15.2. The number of rotatable bonds is 6. The Morgan fingerprint density at radius 1 is 0.897 bits per heavy atom. The van der Waals surface area contributed by atoms with E-state index in [4.69, 9.17) is 9.78 Å². The highest BCUT2D eigenvalue weighted by Crippen LogP contribution is 2.32. The van der Waals surface area contributed by atoms with Crippen LogP contribution in [0.25, 0.3) is 10.9 Å². The van der Waals surface area contributed by atoms with Gasteiger partial charge in [0.25, 0.3) is 0 Å². The Morgan fingerprint density at radius 3 is 2.21 bits per heavy atom. The fraction of sp³-hybridized carbons (Fsp3) is 0.207. The van der Waals surface area contributed by atoms with Crippen molar-refractivity contribution in [2.75, 3.05) is 24.7 Å². The number of halogens is 1. The second-order valence-electron chi connectivity index (χ2n) is 9.24. The Kier molecular flexibility index (Phi) is 8.26. The highest BCUT2D eigenvalue weighted by atomic mass is 19.1. The highest BCUT2D eigenvalue weighted by molar-refractivity contribution is 6.09. The predicted molar refractivity (Wildman–Crippen MR) is 146 cm³/mol. The van der Waals surface area contributed by atoms with Gasteiger partial charge in [-0.25, -0.2) is 33.1 Å². The molecular formula is C29H29FN4O5. The van der Waals surface area contributed by atoms with Crippen molar-refractivity contribution < 1.29 is 28.5 Å². The third-order valence-electron chi connectivity index (χ3n) is 6.08. The minimum atomic E-state index is -1.04. The molecule has 0 bridgehead atoms. The Bertz CT molecular complexity index is 1510. The number of hydrogen-bond donors (Lipinski definition) is 2. The number of anilines is 2. The van der Waals surface area contributed by atoms with Gasteiger partial charge >= 0.3 is 18.1 Å². The van der Waals surface area contributed by atoms with Crippen LogP contribution in [0.3, 0.4) is 0 Å². The molecule has 1 aromatic heterocycles. The summed E-state index contributed by atoms with van der Waals surface area (Å²) in [7, 11) is 3.86. The van der Waals surface area contributed by atoms with Gasteiger partial charge in [-0.15, -0.1) is 0 Å². The van der Waals surface area contributed by atoms with Gasteiger partial charge in [0.05, 0.1) is 22.5 Å². The number of hydrogen-bond acceptors (Lipinski definition) is 6. The average molecular weight is 533 g/mol. The summed E-state index contributed by atoms with van der Waals surface area (Å²) in [5, 5.41) is 5.67. The lowest BCUT2D eigenvalue weighted by molar-refractivity contribution is -0.182. The number of fused-ring (bicyclic) bond motifs is 1. The monoisotopic (exact) mass is 532 g/mol. The molecule has 0 saturated heterocycles. The fourth-order valence-corrected chi connectivity index (χ4v) is 4.15. The summed E-state index contributed by atoms with van der Waals surface area (Å²) in [6.45, 7) is 4.28. The van der Waals surface area contributed by atoms with Crippen LogP contribution in [0.4, 0.5) is 25.4 Å². The molecular weight excluding hydrogens is 503 g/mol. The van der Waals surface area contributed by atoms with Crippen LogP contribution in [-0.4, -0.2) is 41.7 Å².